The highest BCUT2D eigenvalue weighted by atomic mass is 35.5. The Morgan fingerprint density at radius 3 is 2.66 bits per heavy atom. The molecule has 8 heteroatoms. The Morgan fingerprint density at radius 1 is 1.21 bits per heavy atom. The number of carbonyl (C=O) groups is 3. The number of benzene rings is 2. The molecule has 1 saturated heterocycles. The third-order valence-electron chi connectivity index (χ3n) is 4.74. The first-order chi connectivity index (χ1) is 13.8. The lowest BCUT2D eigenvalue weighted by molar-refractivity contribution is -0.122. The van der Waals surface area contributed by atoms with Gasteiger partial charge in [0.05, 0.1) is 23.7 Å². The van der Waals surface area contributed by atoms with Crippen LogP contribution in [-0.4, -0.2) is 50.4 Å². The van der Waals surface area contributed by atoms with Gasteiger partial charge in [0.1, 0.15) is 5.75 Å². The van der Waals surface area contributed by atoms with E-state index in [0.717, 1.165) is 0 Å². The van der Waals surface area contributed by atoms with Crippen molar-refractivity contribution in [3.63, 3.8) is 0 Å². The molecule has 152 valence electrons. The zero-order chi connectivity index (χ0) is 21.1. The van der Waals surface area contributed by atoms with Crippen molar-refractivity contribution in [1.82, 2.24) is 4.90 Å². The number of hydrogen-bond acceptors (Lipinski definition) is 4. The fourth-order valence-electron chi connectivity index (χ4n) is 3.16. The summed E-state index contributed by atoms with van der Waals surface area (Å²) >= 11 is 6.19. The lowest BCUT2D eigenvalue weighted by atomic mass is 10.1. The van der Waals surface area contributed by atoms with Crippen molar-refractivity contribution in [2.45, 2.75) is 6.42 Å². The minimum Gasteiger partial charge on any atom is -0.497 e. The predicted molar refractivity (Wildman–Crippen MR) is 112 cm³/mol. The minimum absolute atomic E-state index is 0.0942. The number of rotatable bonds is 5. The van der Waals surface area contributed by atoms with Crippen LogP contribution in [0.4, 0.5) is 11.4 Å². The highest BCUT2D eigenvalue weighted by Crippen LogP contribution is 2.30. The number of anilines is 2. The average molecular weight is 416 g/mol. The lowest BCUT2D eigenvalue weighted by Crippen LogP contribution is -2.28. The quantitative estimate of drug-likeness (QED) is 0.814. The Kier molecular flexibility index (Phi) is 6.08. The molecule has 0 aromatic heterocycles. The smallest absolute Gasteiger partial charge is 0.253 e. The number of methoxy groups -OCH3 is 1. The predicted octanol–water partition coefficient (Wildman–Crippen LogP) is 3.04. The van der Waals surface area contributed by atoms with Gasteiger partial charge in [-0.2, -0.15) is 0 Å². The molecular formula is C21H22ClN3O4. The van der Waals surface area contributed by atoms with Crippen molar-refractivity contribution in [2.24, 2.45) is 5.92 Å². The van der Waals surface area contributed by atoms with Gasteiger partial charge in [-0.15, -0.1) is 0 Å². The summed E-state index contributed by atoms with van der Waals surface area (Å²) in [5.41, 5.74) is 1.44. The molecule has 0 aliphatic carbocycles. The summed E-state index contributed by atoms with van der Waals surface area (Å²) in [5.74, 6) is -0.547. The maximum Gasteiger partial charge on any atom is 0.253 e. The fraction of sp³-hybridized carbons (Fsp3) is 0.286. The summed E-state index contributed by atoms with van der Waals surface area (Å²) in [6.45, 7) is 0.256. The molecule has 1 fully saturated rings. The number of hydrogen-bond donors (Lipinski definition) is 1. The molecule has 1 heterocycles. The molecule has 0 radical (unpaired) electrons. The van der Waals surface area contributed by atoms with E-state index < -0.39 is 5.92 Å². The lowest BCUT2D eigenvalue weighted by Gasteiger charge is -2.18. The zero-order valence-corrected chi connectivity index (χ0v) is 17.2. The maximum atomic E-state index is 12.8. The Morgan fingerprint density at radius 2 is 1.97 bits per heavy atom. The van der Waals surface area contributed by atoms with E-state index in [2.05, 4.69) is 5.32 Å². The van der Waals surface area contributed by atoms with Crippen molar-refractivity contribution >= 4 is 40.7 Å². The van der Waals surface area contributed by atoms with Crippen LogP contribution in [-0.2, 0) is 9.59 Å². The van der Waals surface area contributed by atoms with E-state index in [0.29, 0.717) is 27.7 Å². The van der Waals surface area contributed by atoms with Gasteiger partial charge in [-0.3, -0.25) is 14.4 Å². The second-order valence-electron chi connectivity index (χ2n) is 6.99. The number of carbonyl (C=O) groups excluding carboxylic acids is 3. The van der Waals surface area contributed by atoms with E-state index in [-0.39, 0.29) is 30.7 Å². The van der Waals surface area contributed by atoms with Crippen LogP contribution in [0.3, 0.4) is 0 Å². The second-order valence-corrected chi connectivity index (χ2v) is 7.40. The molecule has 0 saturated carbocycles. The van der Waals surface area contributed by atoms with E-state index in [1.165, 1.54) is 4.90 Å². The first-order valence-corrected chi connectivity index (χ1v) is 9.44. The summed E-state index contributed by atoms with van der Waals surface area (Å²) in [7, 11) is 4.85. The number of amides is 3. The number of nitrogens with zero attached hydrogens (tertiary/aromatic N) is 2. The molecule has 3 rings (SSSR count). The SMILES string of the molecule is COc1cccc(N2CC(C(=O)Nc3cc(C(=O)N(C)C)ccc3Cl)CC2=O)c1. The van der Waals surface area contributed by atoms with Crippen LogP contribution in [0.15, 0.2) is 42.5 Å². The van der Waals surface area contributed by atoms with Crippen LogP contribution in [0.2, 0.25) is 5.02 Å². The summed E-state index contributed by atoms with van der Waals surface area (Å²) in [5, 5.41) is 3.08. The van der Waals surface area contributed by atoms with Crippen LogP contribution in [0, 0.1) is 5.92 Å². The highest BCUT2D eigenvalue weighted by Gasteiger charge is 2.35. The normalized spacial score (nSPS) is 15.9. The minimum atomic E-state index is -0.530. The van der Waals surface area contributed by atoms with E-state index in [1.807, 2.05) is 0 Å². The molecular weight excluding hydrogens is 394 g/mol. The monoisotopic (exact) mass is 415 g/mol. The summed E-state index contributed by atoms with van der Waals surface area (Å²) < 4.78 is 5.20. The van der Waals surface area contributed by atoms with Crippen LogP contribution in [0.25, 0.3) is 0 Å². The molecule has 29 heavy (non-hydrogen) atoms. The maximum absolute atomic E-state index is 12.8. The topological polar surface area (TPSA) is 79.0 Å². The van der Waals surface area contributed by atoms with Gasteiger partial charge >= 0.3 is 0 Å². The number of ether oxygens (including phenoxy) is 1. The Hall–Kier alpha value is -3.06. The summed E-state index contributed by atoms with van der Waals surface area (Å²) in [6, 6.07) is 11.8. The first-order valence-electron chi connectivity index (χ1n) is 9.06. The highest BCUT2D eigenvalue weighted by molar-refractivity contribution is 6.34. The molecule has 1 aliphatic heterocycles. The van der Waals surface area contributed by atoms with Gasteiger partial charge in [-0.1, -0.05) is 17.7 Å². The summed E-state index contributed by atoms with van der Waals surface area (Å²) in [6.07, 6.45) is 0.0942. The van der Waals surface area contributed by atoms with Crippen LogP contribution in [0.5, 0.6) is 5.75 Å². The molecule has 1 unspecified atom stereocenters. The fourth-order valence-corrected chi connectivity index (χ4v) is 3.32. The van der Waals surface area contributed by atoms with E-state index in [4.69, 9.17) is 16.3 Å². The van der Waals surface area contributed by atoms with Crippen LogP contribution >= 0.6 is 11.6 Å². The van der Waals surface area contributed by atoms with Gasteiger partial charge in [0, 0.05) is 44.4 Å². The van der Waals surface area contributed by atoms with E-state index >= 15 is 0 Å². The van der Waals surface area contributed by atoms with Gasteiger partial charge in [0.25, 0.3) is 5.91 Å². The van der Waals surface area contributed by atoms with Gasteiger partial charge in [-0.25, -0.2) is 0 Å². The average Bonchev–Trinajstić information content (AvgIpc) is 3.11. The molecule has 1 atom stereocenters. The Labute approximate surface area is 174 Å². The standard InChI is InChI=1S/C21H22ClN3O4/c1-24(2)21(28)13-7-8-17(22)18(9-13)23-20(27)14-10-19(26)25(12-14)15-5-4-6-16(11-15)29-3/h4-9,11,14H,10,12H2,1-3H3,(H,23,27). The number of nitrogens with one attached hydrogen (secondary N) is 1. The molecule has 7 nitrogen and oxygen atoms in total. The van der Waals surface area contributed by atoms with Crippen molar-refractivity contribution in [3.8, 4) is 5.75 Å². The van der Waals surface area contributed by atoms with Crippen molar-refractivity contribution in [3.05, 3.63) is 53.1 Å². The van der Waals surface area contributed by atoms with Gasteiger partial charge in [-0.05, 0) is 30.3 Å². The molecule has 0 bridgehead atoms. The van der Waals surface area contributed by atoms with Gasteiger partial charge in [0.2, 0.25) is 11.8 Å². The van der Waals surface area contributed by atoms with Crippen LogP contribution in [0.1, 0.15) is 16.8 Å². The largest absolute Gasteiger partial charge is 0.497 e. The van der Waals surface area contributed by atoms with E-state index in [1.54, 1.807) is 68.6 Å². The molecule has 0 spiro atoms. The van der Waals surface area contributed by atoms with Crippen LogP contribution < -0.4 is 15.0 Å². The molecule has 2 aromatic carbocycles. The number of halogens is 1. The second kappa shape index (κ2) is 8.53. The molecule has 1 aliphatic rings. The third kappa shape index (κ3) is 4.51. The first kappa shape index (κ1) is 20.7. The van der Waals surface area contributed by atoms with Crippen molar-refractivity contribution in [1.29, 1.82) is 0 Å². The van der Waals surface area contributed by atoms with Crippen molar-refractivity contribution in [2.75, 3.05) is 38.0 Å². The zero-order valence-electron chi connectivity index (χ0n) is 16.4. The molecule has 2 aromatic rings. The molecule has 1 N–H and O–H groups in total. The van der Waals surface area contributed by atoms with Gasteiger partial charge in [0.15, 0.2) is 0 Å². The van der Waals surface area contributed by atoms with Crippen molar-refractivity contribution < 1.29 is 19.1 Å². The molecule has 3 amide bonds. The van der Waals surface area contributed by atoms with Gasteiger partial charge < -0.3 is 19.9 Å². The third-order valence-corrected chi connectivity index (χ3v) is 5.07. The van der Waals surface area contributed by atoms with E-state index in [9.17, 15) is 14.4 Å². The Bertz CT molecular complexity index is 961. The summed E-state index contributed by atoms with van der Waals surface area (Å²) in [4.78, 5) is 40.4. The Balaban J connectivity index is 1.74.